The van der Waals surface area contributed by atoms with Gasteiger partial charge in [-0.25, -0.2) is 9.67 Å². The highest BCUT2D eigenvalue weighted by Gasteiger charge is 2.23. The van der Waals surface area contributed by atoms with E-state index < -0.39 is 13.0 Å². The molecule has 0 radical (unpaired) electrons. The predicted molar refractivity (Wildman–Crippen MR) is 157 cm³/mol. The van der Waals surface area contributed by atoms with E-state index in [1.165, 1.54) is 29.5 Å². The summed E-state index contributed by atoms with van der Waals surface area (Å²) >= 11 is 12.3. The highest BCUT2D eigenvalue weighted by atomic mass is 35.5. The zero-order chi connectivity index (χ0) is 31.2. The van der Waals surface area contributed by atoms with E-state index in [0.29, 0.717) is 52.5 Å². The van der Waals surface area contributed by atoms with Gasteiger partial charge in [-0.2, -0.15) is 5.10 Å². The number of anilines is 1. The molecule has 0 unspecified atom stereocenters. The maximum atomic E-state index is 13.8. The minimum Gasteiger partial charge on any atom is -0.323 e. The molecule has 1 N–H and O–H groups in total. The van der Waals surface area contributed by atoms with E-state index in [2.05, 4.69) is 25.7 Å². The third kappa shape index (κ3) is 5.28. The Morgan fingerprint density at radius 1 is 1.10 bits per heavy atom. The number of rotatable bonds is 3. The van der Waals surface area contributed by atoms with Crippen LogP contribution in [0.25, 0.3) is 28.2 Å². The largest absolute Gasteiger partial charge is 0.323 e. The van der Waals surface area contributed by atoms with Crippen molar-refractivity contribution in [1.82, 2.24) is 34.3 Å². The summed E-state index contributed by atoms with van der Waals surface area (Å²) in [5, 5.41) is 15.5. The van der Waals surface area contributed by atoms with E-state index in [9.17, 15) is 9.59 Å². The van der Waals surface area contributed by atoms with E-state index in [0.717, 1.165) is 10.2 Å². The van der Waals surface area contributed by atoms with Crippen molar-refractivity contribution in [2.45, 2.75) is 32.2 Å². The van der Waals surface area contributed by atoms with Crippen LogP contribution < -0.4 is 10.9 Å². The van der Waals surface area contributed by atoms with Crippen molar-refractivity contribution < 1.29 is 8.91 Å². The van der Waals surface area contributed by atoms with Gasteiger partial charge < -0.3 is 5.32 Å². The Bertz CT molecular complexity index is 1930. The lowest BCUT2D eigenvalue weighted by atomic mass is 9.94. The molecule has 6 rings (SSSR count). The van der Waals surface area contributed by atoms with E-state index in [-0.39, 0.29) is 28.2 Å². The number of fused-ring (bicyclic) bond motifs is 4. The number of halogens is 2. The number of nitrogens with zero attached hydrogens (tertiary/aromatic N) is 7. The molecule has 0 saturated heterocycles. The first kappa shape index (κ1) is 23.4. The normalized spacial score (nSPS) is 18.7. The monoisotopic (exact) mass is 591 g/mol. The van der Waals surface area contributed by atoms with Gasteiger partial charge in [-0.1, -0.05) is 60.0 Å². The van der Waals surface area contributed by atoms with Crippen LogP contribution in [0.1, 0.15) is 41.9 Å². The molecule has 2 atom stereocenters. The fraction of sp³-hybridized carbons (Fsp3) is 0.241. The maximum Gasteiger partial charge on any atom is 0.254 e. The van der Waals surface area contributed by atoms with Gasteiger partial charge in [-0.15, -0.1) is 5.10 Å². The SMILES string of the molecule is [2H]C([2H])([2H])n1ncc2c1-c1cccc(c1)[C@@H](n1cnc(-c3cc(Cl)ccc3-n3cc(Cl)nn3)cc1=O)CCC[C@@H](C)C(=O)N2. The summed E-state index contributed by atoms with van der Waals surface area (Å²) in [5.74, 6) is -0.597. The molecular weight excluding hydrogens is 563 g/mol. The van der Waals surface area contributed by atoms with Crippen molar-refractivity contribution in [3.8, 4) is 28.2 Å². The topological polar surface area (TPSA) is 113 Å². The van der Waals surface area contributed by atoms with E-state index in [1.807, 2.05) is 19.1 Å². The lowest BCUT2D eigenvalue weighted by Gasteiger charge is -2.23. The molecule has 1 aliphatic rings. The lowest BCUT2D eigenvalue weighted by Crippen LogP contribution is -2.26. The molecular formula is C29H26Cl2N8O2. The van der Waals surface area contributed by atoms with Crippen molar-refractivity contribution in [2.75, 3.05) is 5.32 Å². The number of aromatic nitrogens is 7. The Morgan fingerprint density at radius 2 is 1.98 bits per heavy atom. The first-order chi connectivity index (χ1) is 21.0. The van der Waals surface area contributed by atoms with Crippen LogP contribution in [0.3, 0.4) is 0 Å². The van der Waals surface area contributed by atoms with Crippen molar-refractivity contribution in [1.29, 1.82) is 0 Å². The minimum atomic E-state index is -2.58. The number of amides is 1. The number of nitrogens with one attached hydrogen (secondary N) is 1. The smallest absolute Gasteiger partial charge is 0.254 e. The van der Waals surface area contributed by atoms with Gasteiger partial charge in [0.2, 0.25) is 5.91 Å². The Morgan fingerprint density at radius 3 is 2.76 bits per heavy atom. The average molecular weight is 593 g/mol. The summed E-state index contributed by atoms with van der Waals surface area (Å²) in [4.78, 5) is 31.4. The highest BCUT2D eigenvalue weighted by Crippen LogP contribution is 2.34. The van der Waals surface area contributed by atoms with E-state index in [4.69, 9.17) is 27.3 Å². The van der Waals surface area contributed by atoms with Crippen molar-refractivity contribution in [2.24, 2.45) is 12.9 Å². The summed E-state index contributed by atoms with van der Waals surface area (Å²) in [7, 11) is 0. The molecule has 5 aromatic rings. The second kappa shape index (κ2) is 10.9. The molecule has 10 nitrogen and oxygen atoms in total. The number of hydrogen-bond donors (Lipinski definition) is 1. The summed E-state index contributed by atoms with van der Waals surface area (Å²) in [6.45, 7) is -0.763. The number of carbonyl (C=O) groups excluding carboxylic acids is 1. The third-order valence-corrected chi connectivity index (χ3v) is 7.66. The molecule has 2 aromatic carbocycles. The van der Waals surface area contributed by atoms with Crippen LogP contribution in [0.2, 0.25) is 10.2 Å². The zero-order valence-corrected chi connectivity index (χ0v) is 23.3. The van der Waals surface area contributed by atoms with E-state index >= 15 is 0 Å². The number of hydrogen-bond acceptors (Lipinski definition) is 6. The minimum absolute atomic E-state index is 0.208. The Kier molecular flexibility index (Phi) is 6.25. The fourth-order valence-electron chi connectivity index (χ4n) is 5.15. The lowest BCUT2D eigenvalue weighted by molar-refractivity contribution is -0.119. The van der Waals surface area contributed by atoms with Gasteiger partial charge >= 0.3 is 0 Å². The molecule has 0 aliphatic carbocycles. The van der Waals surface area contributed by atoms with Crippen LogP contribution >= 0.6 is 23.2 Å². The molecule has 3 aromatic heterocycles. The summed E-state index contributed by atoms with van der Waals surface area (Å²) in [6, 6.07) is 13.4. The Labute approximate surface area is 249 Å². The molecule has 12 heteroatoms. The van der Waals surface area contributed by atoms with Crippen LogP contribution in [0.5, 0.6) is 0 Å². The molecule has 4 heterocycles. The van der Waals surface area contributed by atoms with Crippen LogP contribution in [0, 0.1) is 5.92 Å². The second-order valence-electron chi connectivity index (χ2n) is 9.95. The Hall–Kier alpha value is -4.28. The van der Waals surface area contributed by atoms with Crippen molar-refractivity contribution in [3.63, 3.8) is 0 Å². The van der Waals surface area contributed by atoms with E-state index in [1.54, 1.807) is 34.9 Å². The summed E-state index contributed by atoms with van der Waals surface area (Å²) < 4.78 is 28.0. The molecule has 1 amide bonds. The number of carbonyl (C=O) groups is 1. The van der Waals surface area contributed by atoms with Gasteiger partial charge in [0.05, 0.1) is 47.5 Å². The molecule has 0 saturated carbocycles. The van der Waals surface area contributed by atoms with Crippen molar-refractivity contribution >= 4 is 34.8 Å². The van der Waals surface area contributed by atoms with Crippen LogP contribution in [-0.4, -0.2) is 40.2 Å². The number of aryl methyl sites for hydroxylation is 1. The number of benzene rings is 2. The van der Waals surface area contributed by atoms with Gasteiger partial charge in [0.15, 0.2) is 5.15 Å². The fourth-order valence-corrected chi connectivity index (χ4v) is 5.45. The summed E-state index contributed by atoms with van der Waals surface area (Å²) in [6.07, 6.45) is 6.12. The Balaban J connectivity index is 1.46. The van der Waals surface area contributed by atoms with Crippen LogP contribution in [0.4, 0.5) is 5.69 Å². The zero-order valence-electron chi connectivity index (χ0n) is 24.8. The molecule has 1 aliphatic heterocycles. The second-order valence-corrected chi connectivity index (χ2v) is 10.8. The maximum absolute atomic E-state index is 13.8. The van der Waals surface area contributed by atoms with Crippen LogP contribution in [0.15, 0.2) is 72.0 Å². The van der Waals surface area contributed by atoms with Gasteiger partial charge in [-0.3, -0.25) is 18.8 Å². The molecule has 2 bridgehead atoms. The first-order valence-corrected chi connectivity index (χ1v) is 13.7. The quantitative estimate of drug-likeness (QED) is 0.294. The molecule has 0 fully saturated rings. The predicted octanol–water partition coefficient (Wildman–Crippen LogP) is 5.55. The van der Waals surface area contributed by atoms with Gasteiger partial charge in [0.1, 0.15) is 0 Å². The first-order valence-electron chi connectivity index (χ1n) is 14.5. The van der Waals surface area contributed by atoms with Gasteiger partial charge in [-0.05, 0) is 42.7 Å². The standard InChI is InChI=1S/C29H26Cl2N8O2/c1-17-5-3-8-24(18-6-4-7-19(11-18)28-23(34-29(17)41)14-33-37(28)2)38-16-32-22(13-27(38)40)21-12-20(30)9-10-25(21)39-15-26(31)35-36-39/h4,6-7,9-17,24H,3,5,8H2,1-2H3,(H,34,41)/t17-,24+/m1/s1/i2D3. The molecule has 41 heavy (non-hydrogen) atoms. The highest BCUT2D eigenvalue weighted by molar-refractivity contribution is 6.31. The molecule has 0 spiro atoms. The summed E-state index contributed by atoms with van der Waals surface area (Å²) in [5.41, 5.74) is 3.12. The molecule has 208 valence electrons. The van der Waals surface area contributed by atoms with Gasteiger partial charge in [0, 0.05) is 39.2 Å². The average Bonchev–Trinajstić information content (AvgIpc) is 3.61. The van der Waals surface area contributed by atoms with Crippen LogP contribution in [-0.2, 0) is 11.8 Å². The third-order valence-electron chi connectivity index (χ3n) is 7.25. The van der Waals surface area contributed by atoms with Gasteiger partial charge in [0.25, 0.3) is 5.56 Å². The van der Waals surface area contributed by atoms with Crippen molar-refractivity contribution in [3.05, 3.63) is 93.3 Å².